The van der Waals surface area contributed by atoms with Gasteiger partial charge in [0.25, 0.3) is 0 Å². The second-order valence-electron chi connectivity index (χ2n) is 10.8. The van der Waals surface area contributed by atoms with E-state index in [-0.39, 0.29) is 11.5 Å². The first-order valence-electron chi connectivity index (χ1n) is 13.5. The lowest BCUT2D eigenvalue weighted by atomic mass is 9.85. The van der Waals surface area contributed by atoms with Crippen LogP contribution in [0.4, 0.5) is 0 Å². The van der Waals surface area contributed by atoms with Crippen molar-refractivity contribution in [1.29, 1.82) is 0 Å². The Morgan fingerprint density at radius 1 is 1.13 bits per heavy atom. The number of unbranched alkanes of at least 4 members (excludes halogenated alkanes) is 1. The Morgan fingerprint density at radius 2 is 1.90 bits per heavy atom. The number of nitrogens with zero attached hydrogens (tertiary/aromatic N) is 4. The molecule has 1 saturated heterocycles. The van der Waals surface area contributed by atoms with E-state index in [1.54, 1.807) is 24.3 Å². The van der Waals surface area contributed by atoms with Gasteiger partial charge in [0.2, 0.25) is 5.60 Å². The van der Waals surface area contributed by atoms with E-state index in [9.17, 15) is 14.7 Å². The maximum Gasteiger partial charge on any atom is 0.349 e. The number of thiophene rings is 2. The van der Waals surface area contributed by atoms with Gasteiger partial charge in [-0.2, -0.15) is 0 Å². The van der Waals surface area contributed by atoms with Crippen LogP contribution in [0.15, 0.2) is 53.2 Å². The van der Waals surface area contributed by atoms with Crippen LogP contribution >= 0.6 is 22.7 Å². The summed E-state index contributed by atoms with van der Waals surface area (Å²) in [5.74, 6) is -0.563. The Morgan fingerprint density at radius 3 is 2.62 bits per heavy atom. The molecule has 6 rings (SSSR count). The molecule has 1 spiro atoms. The summed E-state index contributed by atoms with van der Waals surface area (Å²) in [7, 11) is 0. The summed E-state index contributed by atoms with van der Waals surface area (Å²) in [4.78, 5) is 28.1. The summed E-state index contributed by atoms with van der Waals surface area (Å²) in [6.45, 7) is 3.92. The van der Waals surface area contributed by atoms with E-state index in [1.807, 2.05) is 33.6 Å². The summed E-state index contributed by atoms with van der Waals surface area (Å²) in [6, 6.07) is 12.8. The van der Waals surface area contributed by atoms with Crippen molar-refractivity contribution >= 4 is 46.0 Å². The first-order chi connectivity index (χ1) is 19.0. The van der Waals surface area contributed by atoms with Gasteiger partial charge < -0.3 is 14.7 Å². The molecule has 1 aliphatic heterocycles. The fourth-order valence-electron chi connectivity index (χ4n) is 6.20. The zero-order valence-electron chi connectivity index (χ0n) is 21.7. The second-order valence-corrected chi connectivity index (χ2v) is 12.7. The lowest BCUT2D eigenvalue weighted by molar-refractivity contribution is -0.167. The van der Waals surface area contributed by atoms with Gasteiger partial charge in [0, 0.05) is 18.7 Å². The molecule has 2 aliphatic rings. The Labute approximate surface area is 235 Å². The highest BCUT2D eigenvalue weighted by atomic mass is 32.1. The largest absolute Gasteiger partial charge is 0.460 e. The molecule has 10 heteroatoms. The van der Waals surface area contributed by atoms with Crippen LogP contribution in [0.2, 0.25) is 0 Å². The average molecular weight is 565 g/mol. The van der Waals surface area contributed by atoms with Crippen molar-refractivity contribution in [3.8, 4) is 0 Å². The zero-order valence-corrected chi connectivity index (χ0v) is 23.3. The fraction of sp³-hybridized carbons (Fsp3) is 0.448. The lowest BCUT2D eigenvalue weighted by Gasteiger charge is -2.27. The highest BCUT2D eigenvalue weighted by Crippen LogP contribution is 2.47. The van der Waals surface area contributed by atoms with Crippen LogP contribution in [0.1, 0.15) is 58.6 Å². The van der Waals surface area contributed by atoms with E-state index in [2.05, 4.69) is 15.2 Å². The molecule has 39 heavy (non-hydrogen) atoms. The number of ether oxygens (including phenoxy) is 1. The van der Waals surface area contributed by atoms with Crippen molar-refractivity contribution in [3.05, 3.63) is 68.5 Å². The van der Waals surface area contributed by atoms with Crippen LogP contribution < -0.4 is 0 Å². The van der Waals surface area contributed by atoms with Crippen LogP contribution in [0.3, 0.4) is 0 Å². The number of esters is 1. The lowest BCUT2D eigenvalue weighted by Crippen LogP contribution is -2.39. The highest BCUT2D eigenvalue weighted by Gasteiger charge is 2.49. The molecule has 4 aromatic rings. The number of rotatable bonds is 10. The predicted octanol–water partition coefficient (Wildman–Crippen LogP) is 4.87. The number of aromatic nitrogens is 3. The molecule has 204 valence electrons. The minimum atomic E-state index is -1.74. The molecule has 2 atom stereocenters. The number of carbonyl (C=O) groups is 2. The summed E-state index contributed by atoms with van der Waals surface area (Å²) in [5, 5.41) is 23.7. The number of hydrogen-bond acceptors (Lipinski definition) is 9. The first-order valence-corrected chi connectivity index (χ1v) is 15.3. The molecule has 0 bridgehead atoms. The molecule has 2 fully saturated rings. The van der Waals surface area contributed by atoms with Crippen LogP contribution in [0, 0.1) is 5.41 Å². The van der Waals surface area contributed by atoms with E-state index < -0.39 is 11.6 Å². The second kappa shape index (κ2) is 10.9. The first kappa shape index (κ1) is 26.3. The van der Waals surface area contributed by atoms with Crippen LogP contribution in [-0.4, -0.2) is 63.0 Å². The van der Waals surface area contributed by atoms with Crippen LogP contribution in [0.25, 0.3) is 11.0 Å². The standard InChI is InChI=1S/C29H32N4O4S2/c34-19-21-7-8-24-23(17-21)30-31-33(24)13-2-1-12-32-14-11-28(20-32)10-9-22(18-28)37-27(35)29(36,25-5-3-15-38-25)26-6-4-16-39-26/h3-8,15-17,19,22,36H,1-2,9-14,18,20H2. The number of aliphatic hydroxyl groups is 1. The summed E-state index contributed by atoms with van der Waals surface area (Å²) >= 11 is 2.74. The molecule has 0 amide bonds. The molecular weight excluding hydrogens is 532 g/mol. The van der Waals surface area contributed by atoms with E-state index >= 15 is 0 Å². The molecule has 4 heterocycles. The average Bonchev–Trinajstić information content (AvgIpc) is 3.78. The van der Waals surface area contributed by atoms with Gasteiger partial charge in [0.1, 0.15) is 17.9 Å². The Hall–Kier alpha value is -2.92. The third-order valence-electron chi connectivity index (χ3n) is 8.27. The van der Waals surface area contributed by atoms with Gasteiger partial charge in [0.15, 0.2) is 0 Å². The Kier molecular flexibility index (Phi) is 7.37. The summed E-state index contributed by atoms with van der Waals surface area (Å²) in [5.41, 5.74) is 0.764. The number of fused-ring (bicyclic) bond motifs is 1. The van der Waals surface area contributed by atoms with Gasteiger partial charge in [-0.1, -0.05) is 17.3 Å². The highest BCUT2D eigenvalue weighted by molar-refractivity contribution is 7.12. The minimum absolute atomic E-state index is 0.163. The number of aldehydes is 1. The molecule has 3 aromatic heterocycles. The zero-order chi connectivity index (χ0) is 26.9. The molecule has 1 aliphatic carbocycles. The van der Waals surface area contributed by atoms with Crippen molar-refractivity contribution in [2.45, 2.75) is 56.8 Å². The van der Waals surface area contributed by atoms with E-state index in [1.165, 1.54) is 22.7 Å². The Balaban J connectivity index is 0.998. The van der Waals surface area contributed by atoms with Crippen molar-refractivity contribution in [1.82, 2.24) is 19.9 Å². The quantitative estimate of drug-likeness (QED) is 0.167. The van der Waals surface area contributed by atoms with Gasteiger partial charge in [-0.05, 0) is 98.1 Å². The van der Waals surface area contributed by atoms with Gasteiger partial charge in [-0.3, -0.25) is 4.79 Å². The molecule has 1 saturated carbocycles. The van der Waals surface area contributed by atoms with E-state index in [0.717, 1.165) is 82.0 Å². The smallest absolute Gasteiger partial charge is 0.349 e. The van der Waals surface area contributed by atoms with Crippen LogP contribution in [-0.2, 0) is 21.7 Å². The monoisotopic (exact) mass is 564 g/mol. The Bertz CT molecular complexity index is 1400. The normalized spacial score (nSPS) is 21.7. The topological polar surface area (TPSA) is 97.5 Å². The maximum atomic E-state index is 13.4. The number of hydrogen-bond donors (Lipinski definition) is 1. The van der Waals surface area contributed by atoms with Gasteiger partial charge in [0.05, 0.1) is 15.3 Å². The SMILES string of the molecule is O=Cc1ccc2c(c1)nnn2CCCCN1CCC2(CCC(OC(=O)C(O)(c3cccs3)c3cccs3)C2)C1. The van der Waals surface area contributed by atoms with E-state index in [0.29, 0.717) is 15.3 Å². The summed E-state index contributed by atoms with van der Waals surface area (Å²) < 4.78 is 7.92. The van der Waals surface area contributed by atoms with E-state index in [4.69, 9.17) is 4.74 Å². The third kappa shape index (κ3) is 5.18. The number of benzene rings is 1. The molecule has 8 nitrogen and oxygen atoms in total. The van der Waals surface area contributed by atoms with Crippen LogP contribution in [0.5, 0.6) is 0 Å². The number of carbonyl (C=O) groups excluding carboxylic acids is 2. The maximum absolute atomic E-state index is 13.4. The van der Waals surface area contributed by atoms with Gasteiger partial charge in [-0.15, -0.1) is 27.8 Å². The number of aryl methyl sites for hydroxylation is 1. The van der Waals surface area contributed by atoms with Gasteiger partial charge in [-0.25, -0.2) is 9.48 Å². The minimum Gasteiger partial charge on any atom is -0.460 e. The van der Waals surface area contributed by atoms with Crippen molar-refractivity contribution in [3.63, 3.8) is 0 Å². The fourth-order valence-corrected chi connectivity index (χ4v) is 7.91. The van der Waals surface area contributed by atoms with Gasteiger partial charge >= 0.3 is 5.97 Å². The molecule has 0 radical (unpaired) electrons. The molecule has 1 N–H and O–H groups in total. The number of likely N-dealkylation sites (tertiary alicyclic amines) is 1. The summed E-state index contributed by atoms with van der Waals surface area (Å²) in [6.07, 6.45) is 6.60. The molecular formula is C29H32N4O4S2. The molecule has 2 unspecified atom stereocenters. The molecule has 1 aromatic carbocycles. The third-order valence-corrected chi connectivity index (χ3v) is 10.2. The predicted molar refractivity (Wildman–Crippen MR) is 151 cm³/mol. The van der Waals surface area contributed by atoms with Crippen molar-refractivity contribution < 1.29 is 19.4 Å². The van der Waals surface area contributed by atoms with Crippen molar-refractivity contribution in [2.24, 2.45) is 5.41 Å². The van der Waals surface area contributed by atoms with Crippen molar-refractivity contribution in [2.75, 3.05) is 19.6 Å².